The Morgan fingerprint density at radius 2 is 1.58 bits per heavy atom. The van der Waals surface area contributed by atoms with Crippen LogP contribution in [0.25, 0.3) is 0 Å². The van der Waals surface area contributed by atoms with Gasteiger partial charge in [0.15, 0.2) is 0 Å². The van der Waals surface area contributed by atoms with Gasteiger partial charge in [-0.25, -0.2) is 0 Å². The Kier molecular flexibility index (Phi) is 7.81. The molecule has 0 bridgehead atoms. The first kappa shape index (κ1) is 20.1. The van der Waals surface area contributed by atoms with E-state index in [0.717, 1.165) is 27.8 Å². The molecular weight excluding hydrogens is 394 g/mol. The summed E-state index contributed by atoms with van der Waals surface area (Å²) in [6.45, 7) is 5.00. The number of anilines is 2. The van der Waals surface area contributed by atoms with Gasteiger partial charge in [0.25, 0.3) is 0 Å². The number of hydrogen-bond donors (Lipinski definition) is 2. The van der Waals surface area contributed by atoms with Crippen LogP contribution in [0.3, 0.4) is 0 Å². The number of aryl methyl sites for hydroxylation is 1. The predicted molar refractivity (Wildman–Crippen MR) is 109 cm³/mol. The molecule has 0 aliphatic carbocycles. The van der Waals surface area contributed by atoms with Crippen LogP contribution in [0, 0.1) is 6.92 Å². The van der Waals surface area contributed by atoms with E-state index in [-0.39, 0.29) is 24.9 Å². The summed E-state index contributed by atoms with van der Waals surface area (Å²) in [5, 5.41) is 5.77. The minimum absolute atomic E-state index is 0.121. The van der Waals surface area contributed by atoms with Crippen LogP contribution in [0.1, 0.15) is 18.9 Å². The second-order valence-electron chi connectivity index (χ2n) is 6.13. The topological polar surface area (TPSA) is 61.4 Å². The van der Waals surface area contributed by atoms with Gasteiger partial charge in [0.2, 0.25) is 11.8 Å². The number of rotatable bonds is 8. The van der Waals surface area contributed by atoms with Crippen molar-refractivity contribution < 1.29 is 9.59 Å². The molecule has 0 spiro atoms. The molecular formula is C20H24BrN3O2. The van der Waals surface area contributed by atoms with Gasteiger partial charge in [0.1, 0.15) is 0 Å². The summed E-state index contributed by atoms with van der Waals surface area (Å²) >= 11 is 3.37. The number of nitrogens with one attached hydrogen (secondary N) is 2. The van der Waals surface area contributed by atoms with Crippen molar-refractivity contribution in [3.63, 3.8) is 0 Å². The minimum atomic E-state index is -0.135. The van der Waals surface area contributed by atoms with Crippen LogP contribution in [0.2, 0.25) is 0 Å². The highest BCUT2D eigenvalue weighted by Gasteiger charge is 2.15. The number of benzene rings is 2. The first-order valence-corrected chi connectivity index (χ1v) is 9.40. The molecule has 0 unspecified atom stereocenters. The Hall–Kier alpha value is -2.18. The highest BCUT2D eigenvalue weighted by Crippen LogP contribution is 2.14. The molecule has 2 amide bonds. The molecule has 0 heterocycles. The second-order valence-corrected chi connectivity index (χ2v) is 7.04. The van der Waals surface area contributed by atoms with E-state index in [1.807, 2.05) is 67.3 Å². The summed E-state index contributed by atoms with van der Waals surface area (Å²) in [7, 11) is 0. The molecule has 0 radical (unpaired) electrons. The standard InChI is InChI=1S/C20H24BrN3O2/c1-3-12-24(13-19(25)22-17-10-8-16(21)9-11-17)14-20(26)23-18-7-5-4-6-15(18)2/h4-11H,3,12-14H2,1-2H3,(H,22,25)(H,23,26). The Bertz CT molecular complexity index is 747. The van der Waals surface area contributed by atoms with Crippen LogP contribution in [-0.2, 0) is 9.59 Å². The zero-order valence-corrected chi connectivity index (χ0v) is 16.7. The smallest absolute Gasteiger partial charge is 0.238 e. The second kappa shape index (κ2) is 10.1. The van der Waals surface area contributed by atoms with Crippen molar-refractivity contribution in [2.24, 2.45) is 0 Å². The third kappa shape index (κ3) is 6.61. The Balaban J connectivity index is 1.90. The molecule has 0 saturated heterocycles. The van der Waals surface area contributed by atoms with Crippen molar-refractivity contribution in [3.8, 4) is 0 Å². The monoisotopic (exact) mass is 417 g/mol. The van der Waals surface area contributed by atoms with Crippen LogP contribution in [0.15, 0.2) is 53.0 Å². The maximum absolute atomic E-state index is 12.3. The van der Waals surface area contributed by atoms with Crippen molar-refractivity contribution in [1.29, 1.82) is 0 Å². The summed E-state index contributed by atoms with van der Waals surface area (Å²) in [5.74, 6) is -0.256. The van der Waals surface area contributed by atoms with Gasteiger partial charge >= 0.3 is 0 Å². The van der Waals surface area contributed by atoms with E-state index < -0.39 is 0 Å². The maximum Gasteiger partial charge on any atom is 0.238 e. The molecule has 0 aliphatic rings. The molecule has 2 rings (SSSR count). The van der Waals surface area contributed by atoms with Gasteiger partial charge in [-0.3, -0.25) is 14.5 Å². The zero-order valence-electron chi connectivity index (χ0n) is 15.1. The van der Waals surface area contributed by atoms with Crippen LogP contribution in [0.4, 0.5) is 11.4 Å². The molecule has 0 atom stereocenters. The Labute approximate surface area is 162 Å². The summed E-state index contributed by atoms with van der Waals surface area (Å²) in [4.78, 5) is 26.5. The van der Waals surface area contributed by atoms with Crippen LogP contribution >= 0.6 is 15.9 Å². The largest absolute Gasteiger partial charge is 0.325 e. The van der Waals surface area contributed by atoms with E-state index in [0.29, 0.717) is 6.54 Å². The third-order valence-corrected chi connectivity index (χ3v) is 4.35. The summed E-state index contributed by atoms with van der Waals surface area (Å²) in [6, 6.07) is 15.0. The molecule has 2 N–H and O–H groups in total. The predicted octanol–water partition coefficient (Wildman–Crippen LogP) is 4.05. The number of hydrogen-bond acceptors (Lipinski definition) is 3. The fourth-order valence-corrected chi connectivity index (χ4v) is 2.84. The number of para-hydroxylation sites is 1. The van der Waals surface area contributed by atoms with Crippen molar-refractivity contribution in [2.75, 3.05) is 30.3 Å². The van der Waals surface area contributed by atoms with Gasteiger partial charge in [0.05, 0.1) is 13.1 Å². The minimum Gasteiger partial charge on any atom is -0.325 e. The Morgan fingerprint density at radius 1 is 0.962 bits per heavy atom. The molecule has 0 fully saturated rings. The lowest BCUT2D eigenvalue weighted by Crippen LogP contribution is -2.39. The van der Waals surface area contributed by atoms with Crippen molar-refractivity contribution in [2.45, 2.75) is 20.3 Å². The normalized spacial score (nSPS) is 10.6. The van der Waals surface area contributed by atoms with Crippen LogP contribution in [-0.4, -0.2) is 36.3 Å². The summed E-state index contributed by atoms with van der Waals surface area (Å²) in [6.07, 6.45) is 0.864. The summed E-state index contributed by atoms with van der Waals surface area (Å²) < 4.78 is 0.955. The lowest BCUT2D eigenvalue weighted by atomic mass is 10.2. The van der Waals surface area contributed by atoms with Gasteiger partial charge in [-0.1, -0.05) is 41.1 Å². The molecule has 6 heteroatoms. The van der Waals surface area contributed by atoms with E-state index >= 15 is 0 Å². The highest BCUT2D eigenvalue weighted by molar-refractivity contribution is 9.10. The first-order chi connectivity index (χ1) is 12.5. The van der Waals surface area contributed by atoms with Crippen molar-refractivity contribution >= 4 is 39.1 Å². The molecule has 26 heavy (non-hydrogen) atoms. The fraction of sp³-hybridized carbons (Fsp3) is 0.300. The van der Waals surface area contributed by atoms with Crippen molar-refractivity contribution in [1.82, 2.24) is 4.90 Å². The van der Waals surface area contributed by atoms with Gasteiger partial charge in [0, 0.05) is 15.8 Å². The molecule has 0 aromatic heterocycles. The molecule has 138 valence electrons. The quantitative estimate of drug-likeness (QED) is 0.680. The van der Waals surface area contributed by atoms with Crippen LogP contribution in [0.5, 0.6) is 0 Å². The number of halogens is 1. The number of nitrogens with zero attached hydrogens (tertiary/aromatic N) is 1. The molecule has 0 aliphatic heterocycles. The lowest BCUT2D eigenvalue weighted by Gasteiger charge is -2.21. The average molecular weight is 418 g/mol. The van der Waals surface area contributed by atoms with Gasteiger partial charge in [-0.05, 0) is 55.8 Å². The first-order valence-electron chi connectivity index (χ1n) is 8.61. The van der Waals surface area contributed by atoms with E-state index in [2.05, 4.69) is 26.6 Å². The average Bonchev–Trinajstić information content (AvgIpc) is 2.59. The number of carbonyl (C=O) groups is 2. The molecule has 0 saturated carbocycles. The fourth-order valence-electron chi connectivity index (χ4n) is 2.57. The summed E-state index contributed by atoms with van der Waals surface area (Å²) in [5.41, 5.74) is 2.54. The zero-order chi connectivity index (χ0) is 18.9. The molecule has 2 aromatic rings. The third-order valence-electron chi connectivity index (χ3n) is 3.82. The maximum atomic E-state index is 12.3. The van der Waals surface area contributed by atoms with E-state index in [4.69, 9.17) is 0 Å². The van der Waals surface area contributed by atoms with Gasteiger partial charge < -0.3 is 10.6 Å². The molecule has 5 nitrogen and oxygen atoms in total. The van der Waals surface area contributed by atoms with E-state index in [1.165, 1.54) is 0 Å². The van der Waals surface area contributed by atoms with Crippen LogP contribution < -0.4 is 10.6 Å². The van der Waals surface area contributed by atoms with E-state index in [9.17, 15) is 9.59 Å². The van der Waals surface area contributed by atoms with Gasteiger partial charge in [-0.15, -0.1) is 0 Å². The number of carbonyl (C=O) groups excluding carboxylic acids is 2. The SMILES string of the molecule is CCCN(CC(=O)Nc1ccc(Br)cc1)CC(=O)Nc1ccccc1C. The lowest BCUT2D eigenvalue weighted by molar-refractivity contribution is -0.120. The molecule has 2 aromatic carbocycles. The highest BCUT2D eigenvalue weighted by atomic mass is 79.9. The van der Waals surface area contributed by atoms with E-state index in [1.54, 1.807) is 0 Å². The number of amides is 2. The Morgan fingerprint density at radius 3 is 2.19 bits per heavy atom. The van der Waals surface area contributed by atoms with Crippen molar-refractivity contribution in [3.05, 3.63) is 58.6 Å². The van der Waals surface area contributed by atoms with Gasteiger partial charge in [-0.2, -0.15) is 0 Å².